The zero-order valence-electron chi connectivity index (χ0n) is 20.6. The number of fused-ring (bicyclic) bond motifs is 2. The molecule has 0 saturated heterocycles. The quantitative estimate of drug-likeness (QED) is 0.136. The average Bonchev–Trinajstić information content (AvgIpc) is 3.51. The fourth-order valence-electron chi connectivity index (χ4n) is 4.78. The number of H-pyrrole nitrogens is 2. The smallest absolute Gasteiger partial charge is 0.337 e. The van der Waals surface area contributed by atoms with Gasteiger partial charge in [-0.3, -0.25) is 0 Å². The Morgan fingerprint density at radius 2 is 1.45 bits per heavy atom. The van der Waals surface area contributed by atoms with E-state index < -0.39 is 17.5 Å². The highest BCUT2D eigenvalue weighted by molar-refractivity contribution is 9.10. The second kappa shape index (κ2) is 10.6. The van der Waals surface area contributed by atoms with Crippen LogP contribution >= 0.6 is 39.1 Å². The lowest BCUT2D eigenvalue weighted by Crippen LogP contribution is -2.33. The van der Waals surface area contributed by atoms with Gasteiger partial charge in [0.15, 0.2) is 0 Å². The Balaban J connectivity index is 0.000000194. The van der Waals surface area contributed by atoms with E-state index in [-0.39, 0.29) is 11.1 Å². The van der Waals surface area contributed by atoms with Crippen molar-refractivity contribution in [2.75, 3.05) is 0 Å². The number of aromatic amines is 2. The number of carboxylic acids is 2. The molecule has 6 rings (SSSR count). The van der Waals surface area contributed by atoms with Gasteiger partial charge in [-0.15, -0.1) is 0 Å². The van der Waals surface area contributed by atoms with Crippen LogP contribution in [0.1, 0.15) is 51.1 Å². The Hall–Kier alpha value is -3.81. The van der Waals surface area contributed by atoms with E-state index in [0.717, 1.165) is 17.5 Å². The number of benzene rings is 3. The lowest BCUT2D eigenvalue weighted by molar-refractivity contribution is -0.0388. The van der Waals surface area contributed by atoms with Crippen LogP contribution in [-0.2, 0) is 5.60 Å². The average molecular weight is 641 g/mol. The number of aromatic nitrogens is 2. The molecule has 0 spiro atoms. The number of nitrogens with one attached hydrogen (secondary N) is 2. The molecule has 8 nitrogen and oxygen atoms in total. The van der Waals surface area contributed by atoms with E-state index in [4.69, 9.17) is 28.3 Å². The first kappa shape index (κ1) is 27.7. The van der Waals surface area contributed by atoms with Gasteiger partial charge in [0, 0.05) is 49.8 Å². The number of hydrogen-bond donors (Lipinski definition) is 5. The number of nitriles is 1. The monoisotopic (exact) mass is 639 g/mol. The molecule has 0 radical (unpaired) electrons. The molecular formula is C29H20BrCl2N3O5. The molecule has 1 aliphatic rings. The Labute approximate surface area is 245 Å². The Morgan fingerprint density at radius 3 is 1.98 bits per heavy atom. The van der Waals surface area contributed by atoms with Crippen LogP contribution in [0.5, 0.6) is 0 Å². The minimum absolute atomic E-state index is 0.150. The molecule has 5 N–H and O–H groups in total. The number of carboxylic acid groups (broad SMARTS) is 2. The van der Waals surface area contributed by atoms with Crippen molar-refractivity contribution in [1.29, 1.82) is 5.26 Å². The van der Waals surface area contributed by atoms with E-state index in [9.17, 15) is 25.1 Å². The summed E-state index contributed by atoms with van der Waals surface area (Å²) in [6, 6.07) is 14.2. The third-order valence-electron chi connectivity index (χ3n) is 7.10. The van der Waals surface area contributed by atoms with Crippen LogP contribution in [0.4, 0.5) is 0 Å². The van der Waals surface area contributed by atoms with Crippen LogP contribution in [-0.4, -0.2) is 37.2 Å². The molecule has 1 saturated carbocycles. The molecule has 40 heavy (non-hydrogen) atoms. The van der Waals surface area contributed by atoms with E-state index in [0.29, 0.717) is 60.3 Å². The summed E-state index contributed by atoms with van der Waals surface area (Å²) in [4.78, 5) is 27.9. The molecule has 0 atom stereocenters. The van der Waals surface area contributed by atoms with Crippen molar-refractivity contribution >= 4 is 72.9 Å². The largest absolute Gasteiger partial charge is 0.478 e. The van der Waals surface area contributed by atoms with Gasteiger partial charge in [0.2, 0.25) is 0 Å². The number of aliphatic hydroxyl groups is 1. The molecule has 11 heteroatoms. The SMILES string of the molecule is N#Cc1cc(C2(O)CCC2)ccc1-c1cc2c(C(=O)O)c[nH]c2cc1Cl.O=C(O)c1c[nH]c2cc(Cl)c(Br)cc12. The molecule has 2 heterocycles. The zero-order valence-corrected chi connectivity index (χ0v) is 23.7. The summed E-state index contributed by atoms with van der Waals surface area (Å²) >= 11 is 15.5. The molecule has 1 aliphatic carbocycles. The van der Waals surface area contributed by atoms with Crippen molar-refractivity contribution in [3.8, 4) is 17.2 Å². The number of aromatic carboxylic acids is 2. The minimum Gasteiger partial charge on any atom is -0.478 e. The first-order chi connectivity index (χ1) is 19.0. The topological polar surface area (TPSA) is 150 Å². The van der Waals surface area contributed by atoms with Crippen LogP contribution < -0.4 is 0 Å². The highest BCUT2D eigenvalue weighted by Gasteiger charge is 2.36. The summed E-state index contributed by atoms with van der Waals surface area (Å²) in [5.74, 6) is -1.99. The van der Waals surface area contributed by atoms with Crippen molar-refractivity contribution in [2.24, 2.45) is 0 Å². The molecule has 5 aromatic rings. The summed E-state index contributed by atoms with van der Waals surface area (Å²) in [5.41, 5.74) is 3.22. The number of rotatable bonds is 4. The summed E-state index contributed by atoms with van der Waals surface area (Å²) in [6.07, 6.45) is 5.22. The molecule has 3 aromatic carbocycles. The molecule has 2 aromatic heterocycles. The molecule has 0 bridgehead atoms. The molecule has 0 amide bonds. The Morgan fingerprint density at radius 1 is 0.875 bits per heavy atom. The fourth-order valence-corrected chi connectivity index (χ4v) is 5.55. The minimum atomic E-state index is -1.03. The predicted molar refractivity (Wildman–Crippen MR) is 156 cm³/mol. The van der Waals surface area contributed by atoms with Gasteiger partial charge in [0.25, 0.3) is 0 Å². The van der Waals surface area contributed by atoms with Crippen LogP contribution in [0, 0.1) is 11.3 Å². The number of carbonyl (C=O) groups is 2. The lowest BCUT2D eigenvalue weighted by Gasteiger charge is -2.37. The fraction of sp³-hybridized carbons (Fsp3) is 0.138. The van der Waals surface area contributed by atoms with Gasteiger partial charge in [-0.2, -0.15) is 5.26 Å². The van der Waals surface area contributed by atoms with Crippen molar-refractivity contribution < 1.29 is 24.9 Å². The predicted octanol–water partition coefficient (Wildman–Crippen LogP) is 7.71. The van der Waals surface area contributed by atoms with Crippen molar-refractivity contribution in [2.45, 2.75) is 24.9 Å². The van der Waals surface area contributed by atoms with Gasteiger partial charge in [0.05, 0.1) is 38.4 Å². The second-order valence-electron chi connectivity index (χ2n) is 9.46. The van der Waals surface area contributed by atoms with E-state index in [1.165, 1.54) is 12.4 Å². The number of nitrogens with zero attached hydrogens (tertiary/aromatic N) is 1. The lowest BCUT2D eigenvalue weighted by atomic mass is 9.74. The third kappa shape index (κ3) is 4.95. The number of halogens is 3. The maximum absolute atomic E-state index is 11.4. The maximum Gasteiger partial charge on any atom is 0.337 e. The number of hydrogen-bond acceptors (Lipinski definition) is 4. The molecule has 202 valence electrons. The molecule has 0 aliphatic heterocycles. The van der Waals surface area contributed by atoms with Crippen LogP contribution in [0.25, 0.3) is 32.9 Å². The van der Waals surface area contributed by atoms with Crippen molar-refractivity contribution in [3.63, 3.8) is 0 Å². The normalized spacial score (nSPS) is 13.8. The van der Waals surface area contributed by atoms with Crippen LogP contribution in [0.15, 0.2) is 59.3 Å². The van der Waals surface area contributed by atoms with Gasteiger partial charge < -0.3 is 25.3 Å². The first-order valence-corrected chi connectivity index (χ1v) is 13.6. The van der Waals surface area contributed by atoms with E-state index in [1.807, 2.05) is 6.07 Å². The third-order valence-corrected chi connectivity index (χ3v) is 8.61. The summed E-state index contributed by atoms with van der Waals surface area (Å²) in [6.45, 7) is 0. The van der Waals surface area contributed by atoms with Gasteiger partial charge >= 0.3 is 11.9 Å². The van der Waals surface area contributed by atoms with Crippen molar-refractivity contribution in [1.82, 2.24) is 9.97 Å². The van der Waals surface area contributed by atoms with Gasteiger partial charge in [-0.25, -0.2) is 9.59 Å². The van der Waals surface area contributed by atoms with Crippen LogP contribution in [0.3, 0.4) is 0 Å². The van der Waals surface area contributed by atoms with Gasteiger partial charge in [0.1, 0.15) is 0 Å². The van der Waals surface area contributed by atoms with Gasteiger partial charge in [-0.05, 0) is 71.1 Å². The van der Waals surface area contributed by atoms with E-state index >= 15 is 0 Å². The van der Waals surface area contributed by atoms with Crippen molar-refractivity contribution in [3.05, 3.63) is 91.6 Å². The summed E-state index contributed by atoms with van der Waals surface area (Å²) in [7, 11) is 0. The zero-order chi connectivity index (χ0) is 28.8. The molecule has 1 fully saturated rings. The van der Waals surface area contributed by atoms with E-state index in [2.05, 4.69) is 32.0 Å². The second-order valence-corrected chi connectivity index (χ2v) is 11.1. The molecule has 0 unspecified atom stereocenters. The standard InChI is InChI=1S/C20H15ClN2O3.C9H5BrClNO2/c21-17-8-18-15(16(10-23-18)19(24)25)7-14(17)13-3-2-12(6-11(13)9-22)20(26)4-1-5-20;10-6-1-4-5(9(13)14)3-12-8(4)2-7(6)11/h2-3,6-8,10,23,26H,1,4-5H2,(H,24,25);1-3,12H,(H,13,14). The highest BCUT2D eigenvalue weighted by Crippen LogP contribution is 2.43. The Kier molecular flexibility index (Phi) is 7.38. The summed E-state index contributed by atoms with van der Waals surface area (Å²) in [5, 5.41) is 40.5. The molecular weight excluding hydrogens is 621 g/mol. The van der Waals surface area contributed by atoms with Gasteiger partial charge in [-0.1, -0.05) is 35.3 Å². The Bertz CT molecular complexity index is 1870. The summed E-state index contributed by atoms with van der Waals surface area (Å²) < 4.78 is 0.689. The van der Waals surface area contributed by atoms with E-state index in [1.54, 1.807) is 36.4 Å². The maximum atomic E-state index is 11.4. The van der Waals surface area contributed by atoms with Crippen LogP contribution in [0.2, 0.25) is 10.0 Å². The highest BCUT2D eigenvalue weighted by atomic mass is 79.9. The first-order valence-electron chi connectivity index (χ1n) is 12.0.